The number of hydrogen-bond acceptors (Lipinski definition) is 6. The third kappa shape index (κ3) is 4.07. The molecule has 134 valence electrons. The van der Waals surface area contributed by atoms with Crippen LogP contribution in [0.5, 0.6) is 5.75 Å². The Bertz CT molecular complexity index is 1100. The quantitative estimate of drug-likeness (QED) is 0.323. The molecule has 0 saturated carbocycles. The van der Waals surface area contributed by atoms with Gasteiger partial charge < -0.3 is 9.72 Å². The van der Waals surface area contributed by atoms with Gasteiger partial charge in [-0.05, 0) is 49.6 Å². The minimum Gasteiger partial charge on any atom is -0.423 e. The van der Waals surface area contributed by atoms with E-state index in [1.807, 2.05) is 19.1 Å². The number of esters is 1. The molecular formula is C20H15N3O3S. The number of nitrogens with zero attached hydrogens (tertiary/aromatic N) is 2. The standard InChI is InChI=1S/C20H15N3O3S/c1-12-4-3-5-14(10-12)19(25)26-15-8-6-13(7-9-15)17-16(11-21)18(24)23-20(22-17)27-2/h3-10H,1-2H3,(H,22,23,24). The number of H-pyrrole nitrogens is 1. The number of carbonyl (C=O) groups is 1. The second kappa shape index (κ2) is 7.89. The van der Waals surface area contributed by atoms with Gasteiger partial charge in [-0.25, -0.2) is 9.78 Å². The first kappa shape index (κ1) is 18.4. The largest absolute Gasteiger partial charge is 0.423 e. The predicted molar refractivity (Wildman–Crippen MR) is 103 cm³/mol. The van der Waals surface area contributed by atoms with Crippen LogP contribution < -0.4 is 10.3 Å². The third-order valence-corrected chi connectivity index (χ3v) is 4.37. The maximum Gasteiger partial charge on any atom is 0.343 e. The number of aryl methyl sites for hydroxylation is 1. The zero-order chi connectivity index (χ0) is 19.4. The molecule has 0 bridgehead atoms. The zero-order valence-corrected chi connectivity index (χ0v) is 15.5. The van der Waals surface area contributed by atoms with Crippen LogP contribution in [0.25, 0.3) is 11.3 Å². The van der Waals surface area contributed by atoms with Gasteiger partial charge in [0.2, 0.25) is 0 Å². The molecule has 0 spiro atoms. The Hall–Kier alpha value is -3.37. The highest BCUT2D eigenvalue weighted by molar-refractivity contribution is 7.98. The molecule has 0 unspecified atom stereocenters. The van der Waals surface area contributed by atoms with Gasteiger partial charge in [0.15, 0.2) is 5.16 Å². The van der Waals surface area contributed by atoms with Crippen LogP contribution in [-0.2, 0) is 0 Å². The van der Waals surface area contributed by atoms with Crippen molar-refractivity contribution in [2.75, 3.05) is 6.26 Å². The van der Waals surface area contributed by atoms with E-state index in [9.17, 15) is 14.9 Å². The Balaban J connectivity index is 1.88. The van der Waals surface area contributed by atoms with E-state index in [4.69, 9.17) is 4.74 Å². The fourth-order valence-corrected chi connectivity index (χ4v) is 2.86. The van der Waals surface area contributed by atoms with Crippen LogP contribution in [-0.4, -0.2) is 22.2 Å². The Morgan fingerprint density at radius 2 is 1.96 bits per heavy atom. The molecule has 0 atom stereocenters. The molecule has 0 saturated heterocycles. The maximum absolute atomic E-state index is 12.2. The fraction of sp³-hybridized carbons (Fsp3) is 0.100. The summed E-state index contributed by atoms with van der Waals surface area (Å²) in [7, 11) is 0. The SMILES string of the molecule is CSc1nc(-c2ccc(OC(=O)c3cccc(C)c3)cc2)c(C#N)c(=O)[nH]1. The van der Waals surface area contributed by atoms with Crippen LogP contribution >= 0.6 is 11.8 Å². The van der Waals surface area contributed by atoms with Gasteiger partial charge in [0.1, 0.15) is 17.4 Å². The van der Waals surface area contributed by atoms with Crippen LogP contribution in [0.15, 0.2) is 58.5 Å². The van der Waals surface area contributed by atoms with E-state index < -0.39 is 11.5 Å². The normalized spacial score (nSPS) is 10.3. The highest BCUT2D eigenvalue weighted by Gasteiger charge is 2.14. The van der Waals surface area contributed by atoms with Crippen molar-refractivity contribution < 1.29 is 9.53 Å². The molecule has 2 aromatic carbocycles. The first-order valence-corrected chi connectivity index (χ1v) is 9.22. The van der Waals surface area contributed by atoms with Crippen LogP contribution in [0.2, 0.25) is 0 Å². The molecule has 0 aliphatic heterocycles. The number of aromatic nitrogens is 2. The molecule has 0 aliphatic rings. The summed E-state index contributed by atoms with van der Waals surface area (Å²) in [6, 6.07) is 15.5. The summed E-state index contributed by atoms with van der Waals surface area (Å²) in [4.78, 5) is 31.1. The number of thioether (sulfide) groups is 1. The third-order valence-electron chi connectivity index (χ3n) is 3.79. The number of hydrogen-bond donors (Lipinski definition) is 1. The molecule has 27 heavy (non-hydrogen) atoms. The molecule has 3 aromatic rings. The lowest BCUT2D eigenvalue weighted by Gasteiger charge is -2.08. The molecule has 3 rings (SSSR count). The van der Waals surface area contributed by atoms with E-state index >= 15 is 0 Å². The lowest BCUT2D eigenvalue weighted by atomic mass is 10.1. The Morgan fingerprint density at radius 1 is 1.22 bits per heavy atom. The monoisotopic (exact) mass is 377 g/mol. The van der Waals surface area contributed by atoms with Gasteiger partial charge in [-0.2, -0.15) is 5.26 Å². The van der Waals surface area contributed by atoms with Crippen molar-refractivity contribution in [3.05, 3.63) is 75.6 Å². The summed E-state index contributed by atoms with van der Waals surface area (Å²) in [5, 5.41) is 9.68. The number of nitrogens with one attached hydrogen (secondary N) is 1. The minimum absolute atomic E-state index is 0.0581. The van der Waals surface area contributed by atoms with Crippen molar-refractivity contribution in [1.82, 2.24) is 9.97 Å². The molecule has 1 heterocycles. The number of rotatable bonds is 4. The second-order valence-corrected chi connectivity index (χ2v) is 6.49. The van der Waals surface area contributed by atoms with E-state index in [1.54, 1.807) is 48.7 Å². The van der Waals surface area contributed by atoms with Crippen molar-refractivity contribution in [2.24, 2.45) is 0 Å². The van der Waals surface area contributed by atoms with Crippen LogP contribution in [0, 0.1) is 18.3 Å². The van der Waals surface area contributed by atoms with Gasteiger partial charge in [0.05, 0.1) is 11.3 Å². The number of aromatic amines is 1. The topological polar surface area (TPSA) is 95.8 Å². The van der Waals surface area contributed by atoms with Crippen molar-refractivity contribution in [3.63, 3.8) is 0 Å². The molecular weight excluding hydrogens is 362 g/mol. The smallest absolute Gasteiger partial charge is 0.343 e. The van der Waals surface area contributed by atoms with E-state index in [2.05, 4.69) is 9.97 Å². The summed E-state index contributed by atoms with van der Waals surface area (Å²) in [5.74, 6) is -0.0955. The second-order valence-electron chi connectivity index (χ2n) is 5.69. The molecule has 7 heteroatoms. The summed E-state index contributed by atoms with van der Waals surface area (Å²) in [6.45, 7) is 1.90. The highest BCUT2D eigenvalue weighted by Crippen LogP contribution is 2.24. The fourth-order valence-electron chi connectivity index (χ4n) is 2.48. The predicted octanol–water partition coefficient (Wildman–Crippen LogP) is 3.56. The lowest BCUT2D eigenvalue weighted by Crippen LogP contribution is -2.14. The summed E-state index contributed by atoms with van der Waals surface area (Å²) < 4.78 is 5.38. The van der Waals surface area contributed by atoms with E-state index in [-0.39, 0.29) is 5.56 Å². The van der Waals surface area contributed by atoms with Gasteiger partial charge >= 0.3 is 5.97 Å². The van der Waals surface area contributed by atoms with Gasteiger partial charge in [0, 0.05) is 5.56 Å². The Kier molecular flexibility index (Phi) is 5.38. The highest BCUT2D eigenvalue weighted by atomic mass is 32.2. The number of nitriles is 1. The zero-order valence-electron chi connectivity index (χ0n) is 14.6. The van der Waals surface area contributed by atoms with Crippen LogP contribution in [0.3, 0.4) is 0 Å². The average molecular weight is 377 g/mol. The molecule has 1 N–H and O–H groups in total. The first-order chi connectivity index (χ1) is 13.0. The number of ether oxygens (including phenoxy) is 1. The molecule has 0 radical (unpaired) electrons. The van der Waals surface area contributed by atoms with Crippen molar-refractivity contribution in [3.8, 4) is 23.1 Å². The molecule has 1 aromatic heterocycles. The van der Waals surface area contributed by atoms with Crippen molar-refractivity contribution in [1.29, 1.82) is 5.26 Å². The molecule has 0 amide bonds. The Morgan fingerprint density at radius 3 is 2.59 bits per heavy atom. The first-order valence-electron chi connectivity index (χ1n) is 7.99. The molecule has 6 nitrogen and oxygen atoms in total. The Labute approximate surface area is 159 Å². The van der Waals surface area contributed by atoms with E-state index in [0.717, 1.165) is 5.56 Å². The molecule has 0 aliphatic carbocycles. The lowest BCUT2D eigenvalue weighted by molar-refractivity contribution is 0.0734. The average Bonchev–Trinajstić information content (AvgIpc) is 2.68. The van der Waals surface area contributed by atoms with Gasteiger partial charge in [0.25, 0.3) is 5.56 Å². The summed E-state index contributed by atoms with van der Waals surface area (Å²) in [5.41, 5.74) is 1.77. The van der Waals surface area contributed by atoms with Crippen LogP contribution in [0.1, 0.15) is 21.5 Å². The van der Waals surface area contributed by atoms with E-state index in [0.29, 0.717) is 27.7 Å². The molecule has 0 fully saturated rings. The maximum atomic E-state index is 12.2. The summed E-state index contributed by atoms with van der Waals surface area (Å²) in [6.07, 6.45) is 1.78. The summed E-state index contributed by atoms with van der Waals surface area (Å²) >= 11 is 1.28. The van der Waals surface area contributed by atoms with Crippen LogP contribution in [0.4, 0.5) is 0 Å². The number of benzene rings is 2. The number of carbonyl (C=O) groups excluding carboxylic acids is 1. The van der Waals surface area contributed by atoms with Crippen molar-refractivity contribution in [2.45, 2.75) is 12.1 Å². The minimum atomic E-state index is -0.484. The van der Waals surface area contributed by atoms with Gasteiger partial charge in [-0.1, -0.05) is 29.5 Å². The van der Waals surface area contributed by atoms with E-state index in [1.165, 1.54) is 11.8 Å². The van der Waals surface area contributed by atoms with Gasteiger partial charge in [-0.3, -0.25) is 4.79 Å². The van der Waals surface area contributed by atoms with Gasteiger partial charge in [-0.15, -0.1) is 0 Å². The van der Waals surface area contributed by atoms with Crippen molar-refractivity contribution >= 4 is 17.7 Å².